The topological polar surface area (TPSA) is 77.4 Å². The Labute approximate surface area is 146 Å². The molecule has 2 aromatic rings. The lowest BCUT2D eigenvalue weighted by atomic mass is 10.1. The number of ether oxygens (including phenoxy) is 2. The van der Waals surface area contributed by atoms with Crippen molar-refractivity contribution in [2.75, 3.05) is 13.2 Å². The number of morpholine rings is 1. The van der Waals surface area contributed by atoms with E-state index in [4.69, 9.17) is 9.47 Å². The third kappa shape index (κ3) is 3.19. The van der Waals surface area contributed by atoms with Crippen LogP contribution in [0.15, 0.2) is 36.9 Å². The van der Waals surface area contributed by atoms with Crippen molar-refractivity contribution >= 4 is 5.91 Å². The molecule has 0 spiro atoms. The molecule has 2 aromatic heterocycles. The minimum atomic E-state index is -0.128. The van der Waals surface area contributed by atoms with Crippen LogP contribution in [0.5, 0.6) is 5.75 Å². The maximum absolute atomic E-state index is 12.8. The third-order valence-corrected chi connectivity index (χ3v) is 4.72. The Bertz CT molecular complexity index is 738. The first kappa shape index (κ1) is 16.0. The summed E-state index contributed by atoms with van der Waals surface area (Å²) in [5.74, 6) is 0.637. The first-order chi connectivity index (χ1) is 12.2. The summed E-state index contributed by atoms with van der Waals surface area (Å²) >= 11 is 0. The van der Waals surface area contributed by atoms with E-state index in [1.54, 1.807) is 24.8 Å². The lowest BCUT2D eigenvalue weighted by Gasteiger charge is -2.38. The fourth-order valence-electron chi connectivity index (χ4n) is 3.54. The van der Waals surface area contributed by atoms with Gasteiger partial charge in [-0.15, -0.1) is 0 Å². The van der Waals surface area contributed by atoms with Gasteiger partial charge in [0.25, 0.3) is 5.91 Å². The number of nitrogens with zero attached hydrogens (tertiary/aromatic N) is 4. The van der Waals surface area contributed by atoms with Crippen molar-refractivity contribution in [2.24, 2.45) is 0 Å². The van der Waals surface area contributed by atoms with E-state index in [-0.39, 0.29) is 24.2 Å². The lowest BCUT2D eigenvalue weighted by molar-refractivity contribution is -0.0787. The second kappa shape index (κ2) is 6.76. The van der Waals surface area contributed by atoms with Crippen molar-refractivity contribution < 1.29 is 14.3 Å². The number of aryl methyl sites for hydroxylation is 1. The Balaban J connectivity index is 1.49. The summed E-state index contributed by atoms with van der Waals surface area (Å²) in [5.41, 5.74) is 1.17. The number of aromatic nitrogens is 3. The predicted molar refractivity (Wildman–Crippen MR) is 89.2 cm³/mol. The summed E-state index contributed by atoms with van der Waals surface area (Å²) in [7, 11) is 0. The van der Waals surface area contributed by atoms with Crippen molar-refractivity contribution in [3.05, 3.63) is 48.3 Å². The fraction of sp³-hybridized carbons (Fsp3) is 0.444. The van der Waals surface area contributed by atoms with E-state index < -0.39 is 0 Å². The van der Waals surface area contributed by atoms with Crippen LogP contribution in [0.4, 0.5) is 0 Å². The van der Waals surface area contributed by atoms with Crippen LogP contribution in [0.25, 0.3) is 0 Å². The van der Waals surface area contributed by atoms with E-state index in [1.807, 2.05) is 24.0 Å². The molecule has 2 fully saturated rings. The molecule has 25 heavy (non-hydrogen) atoms. The summed E-state index contributed by atoms with van der Waals surface area (Å²) in [6, 6.07) is 3.73. The molecule has 0 radical (unpaired) electrons. The fourth-order valence-corrected chi connectivity index (χ4v) is 3.54. The van der Waals surface area contributed by atoms with Gasteiger partial charge in [0.1, 0.15) is 23.7 Å². The van der Waals surface area contributed by atoms with Crippen LogP contribution in [0.2, 0.25) is 0 Å². The van der Waals surface area contributed by atoms with Crippen LogP contribution in [0.3, 0.4) is 0 Å². The monoisotopic (exact) mass is 340 g/mol. The summed E-state index contributed by atoms with van der Waals surface area (Å²) < 4.78 is 12.0. The van der Waals surface area contributed by atoms with Gasteiger partial charge in [-0.3, -0.25) is 14.8 Å². The number of hydrogen-bond acceptors (Lipinski definition) is 6. The Kier molecular flexibility index (Phi) is 4.31. The summed E-state index contributed by atoms with van der Waals surface area (Å²) in [5, 5.41) is 0. The number of rotatable bonds is 3. The number of fused-ring (bicyclic) bond motifs is 1. The first-order valence-electron chi connectivity index (χ1n) is 8.50. The molecule has 1 saturated carbocycles. The molecule has 1 saturated heterocycles. The van der Waals surface area contributed by atoms with Crippen molar-refractivity contribution in [1.82, 2.24) is 19.9 Å². The molecule has 0 unspecified atom stereocenters. The second-order valence-electron chi connectivity index (χ2n) is 6.37. The van der Waals surface area contributed by atoms with Crippen molar-refractivity contribution in [3.63, 3.8) is 0 Å². The third-order valence-electron chi connectivity index (χ3n) is 4.72. The molecule has 0 bridgehead atoms. The smallest absolute Gasteiger partial charge is 0.274 e. The molecular formula is C18H20N4O3. The number of amides is 1. The standard InChI is InChI=1S/C18H20N4O3/c1-12-9-21-14(11-20-12)18(23)22-7-8-24-17-15(22)4-5-16(17)25-13-3-2-6-19-10-13/h2-3,6,9-11,15-17H,4-5,7-8H2,1H3/t15-,16-,17+/m0/s1. The highest BCUT2D eigenvalue weighted by molar-refractivity contribution is 5.92. The minimum Gasteiger partial charge on any atom is -0.486 e. The molecular weight excluding hydrogens is 320 g/mol. The summed E-state index contributed by atoms with van der Waals surface area (Å²) in [4.78, 5) is 27.2. The normalized spacial score (nSPS) is 25.5. The van der Waals surface area contributed by atoms with Crippen LogP contribution in [0, 0.1) is 6.92 Å². The molecule has 3 heterocycles. The van der Waals surface area contributed by atoms with Gasteiger partial charge in [0.05, 0.1) is 30.7 Å². The molecule has 0 aromatic carbocycles. The highest BCUT2D eigenvalue weighted by Gasteiger charge is 2.46. The first-order valence-corrected chi connectivity index (χ1v) is 8.50. The van der Waals surface area contributed by atoms with E-state index in [0.29, 0.717) is 18.8 Å². The molecule has 1 amide bonds. The van der Waals surface area contributed by atoms with Crippen molar-refractivity contribution in [2.45, 2.75) is 38.0 Å². The Hall–Kier alpha value is -2.54. The van der Waals surface area contributed by atoms with Gasteiger partial charge in [-0.1, -0.05) is 0 Å². The van der Waals surface area contributed by atoms with Crippen LogP contribution in [-0.2, 0) is 4.74 Å². The van der Waals surface area contributed by atoms with Crippen molar-refractivity contribution in [3.8, 4) is 5.75 Å². The second-order valence-corrected chi connectivity index (χ2v) is 6.37. The quantitative estimate of drug-likeness (QED) is 0.845. The van der Waals surface area contributed by atoms with E-state index in [1.165, 1.54) is 0 Å². The number of carbonyl (C=O) groups excluding carboxylic acids is 1. The summed E-state index contributed by atoms with van der Waals surface area (Å²) in [6.07, 6.45) is 8.05. The maximum atomic E-state index is 12.8. The minimum absolute atomic E-state index is 0.00558. The van der Waals surface area contributed by atoms with Gasteiger partial charge in [-0.25, -0.2) is 4.98 Å². The highest BCUT2D eigenvalue weighted by atomic mass is 16.5. The highest BCUT2D eigenvalue weighted by Crippen LogP contribution is 2.33. The zero-order valence-corrected chi connectivity index (χ0v) is 14.0. The molecule has 2 aliphatic rings. The van der Waals surface area contributed by atoms with Crippen LogP contribution in [0.1, 0.15) is 29.0 Å². The Morgan fingerprint density at radius 3 is 2.96 bits per heavy atom. The average molecular weight is 340 g/mol. The largest absolute Gasteiger partial charge is 0.486 e. The molecule has 1 aliphatic heterocycles. The van der Waals surface area contributed by atoms with Crippen LogP contribution < -0.4 is 4.74 Å². The van der Waals surface area contributed by atoms with Crippen molar-refractivity contribution in [1.29, 1.82) is 0 Å². The van der Waals surface area contributed by atoms with Crippen LogP contribution in [-0.4, -0.2) is 57.2 Å². The molecule has 7 nitrogen and oxygen atoms in total. The van der Waals surface area contributed by atoms with Gasteiger partial charge < -0.3 is 14.4 Å². The molecule has 0 N–H and O–H groups in total. The maximum Gasteiger partial charge on any atom is 0.274 e. The molecule has 4 rings (SSSR count). The van der Waals surface area contributed by atoms with Gasteiger partial charge in [-0.05, 0) is 31.9 Å². The van der Waals surface area contributed by atoms with Gasteiger partial charge in [-0.2, -0.15) is 0 Å². The van der Waals surface area contributed by atoms with Gasteiger partial charge >= 0.3 is 0 Å². The van der Waals surface area contributed by atoms with Crippen LogP contribution >= 0.6 is 0 Å². The molecule has 130 valence electrons. The Morgan fingerprint density at radius 2 is 2.20 bits per heavy atom. The zero-order chi connectivity index (χ0) is 17.2. The SMILES string of the molecule is Cc1cnc(C(=O)N2CCO[C@H]3[C@@H](Oc4cccnc4)CC[C@@H]32)cn1. The molecule has 1 aliphatic carbocycles. The lowest BCUT2D eigenvalue weighted by Crippen LogP contribution is -2.54. The zero-order valence-electron chi connectivity index (χ0n) is 14.0. The van der Waals surface area contributed by atoms with E-state index in [9.17, 15) is 4.79 Å². The number of carbonyl (C=O) groups is 1. The molecule has 3 atom stereocenters. The number of pyridine rings is 1. The summed E-state index contributed by atoms with van der Waals surface area (Å²) in [6.45, 7) is 2.91. The number of hydrogen-bond donors (Lipinski definition) is 0. The molecule has 7 heteroatoms. The van der Waals surface area contributed by atoms with Gasteiger partial charge in [0.2, 0.25) is 0 Å². The van der Waals surface area contributed by atoms with E-state index in [0.717, 1.165) is 24.3 Å². The van der Waals surface area contributed by atoms with E-state index >= 15 is 0 Å². The average Bonchev–Trinajstić information content (AvgIpc) is 3.06. The van der Waals surface area contributed by atoms with Gasteiger partial charge in [0.15, 0.2) is 0 Å². The predicted octanol–water partition coefficient (Wildman–Crippen LogP) is 1.63. The Morgan fingerprint density at radius 1 is 1.28 bits per heavy atom. The van der Waals surface area contributed by atoms with E-state index in [2.05, 4.69) is 15.0 Å². The van der Waals surface area contributed by atoms with Gasteiger partial charge in [0, 0.05) is 18.9 Å².